The van der Waals surface area contributed by atoms with Gasteiger partial charge in [-0.3, -0.25) is 0 Å². The molecule has 2 aromatic rings. The third-order valence-corrected chi connectivity index (χ3v) is 3.66. The van der Waals surface area contributed by atoms with Crippen molar-refractivity contribution >= 4 is 35.2 Å². The minimum Gasteiger partial charge on any atom is -0.478 e. The molecular weight excluding hydrogens is 332 g/mol. The summed E-state index contributed by atoms with van der Waals surface area (Å²) in [6.45, 7) is -0.489. The highest BCUT2D eigenvalue weighted by Crippen LogP contribution is 2.34. The Morgan fingerprint density at radius 3 is 2.61 bits per heavy atom. The molecule has 0 amide bonds. The van der Waals surface area contributed by atoms with Gasteiger partial charge < -0.3 is 35.5 Å². The van der Waals surface area contributed by atoms with E-state index in [-0.39, 0.29) is 34.8 Å². The van der Waals surface area contributed by atoms with Crippen molar-refractivity contribution in [2.45, 2.75) is 24.5 Å². The minimum absolute atomic E-state index is 0. The fourth-order valence-electron chi connectivity index (χ4n) is 2.57. The first kappa shape index (κ1) is 17.4. The lowest BCUT2D eigenvalue weighted by molar-refractivity contribution is -0.0509. The monoisotopic (exact) mass is 346 g/mol. The molecule has 0 aromatic carbocycles. The van der Waals surface area contributed by atoms with Crippen LogP contribution in [0.25, 0.3) is 11.0 Å². The van der Waals surface area contributed by atoms with Gasteiger partial charge in [-0.2, -0.15) is 0 Å². The Bertz CT molecular complexity index is 738. The zero-order chi connectivity index (χ0) is 16.0. The van der Waals surface area contributed by atoms with Gasteiger partial charge in [0.2, 0.25) is 0 Å². The maximum atomic E-state index is 11.3. The first-order valence-corrected chi connectivity index (χ1v) is 6.42. The number of rotatable bonds is 3. The zero-order valence-electron chi connectivity index (χ0n) is 11.6. The Kier molecular flexibility index (Phi) is 4.73. The van der Waals surface area contributed by atoms with Crippen molar-refractivity contribution in [3.8, 4) is 0 Å². The molecule has 0 aliphatic carbocycles. The molecule has 0 bridgehead atoms. The fraction of sp³-hybridized carbons (Fsp3) is 0.417. The number of ether oxygens (including phenoxy) is 1. The number of nitrogen functional groups attached to an aromatic ring is 1. The highest BCUT2D eigenvalue weighted by molar-refractivity contribution is 6.06. The summed E-state index contributed by atoms with van der Waals surface area (Å²) < 4.78 is 6.65. The lowest BCUT2D eigenvalue weighted by atomic mass is 10.1. The van der Waals surface area contributed by atoms with Crippen LogP contribution < -0.4 is 5.73 Å². The second-order valence-electron chi connectivity index (χ2n) is 4.94. The molecule has 1 fully saturated rings. The number of aliphatic hydroxyl groups excluding tert-OH is 3. The van der Waals surface area contributed by atoms with Gasteiger partial charge in [0.1, 0.15) is 36.1 Å². The van der Waals surface area contributed by atoms with Crippen LogP contribution in [0, 0.1) is 0 Å². The minimum atomic E-state index is -1.36. The number of hydrogen-bond acceptors (Lipinski definition) is 8. The van der Waals surface area contributed by atoms with Crippen LogP contribution in [0.2, 0.25) is 0 Å². The van der Waals surface area contributed by atoms with Gasteiger partial charge in [0.25, 0.3) is 0 Å². The predicted octanol–water partition coefficient (Wildman–Crippen LogP) is -1.26. The summed E-state index contributed by atoms with van der Waals surface area (Å²) in [4.78, 5) is 19.1. The molecule has 1 aliphatic heterocycles. The molecule has 0 spiro atoms. The van der Waals surface area contributed by atoms with E-state index in [0.717, 1.165) is 6.33 Å². The largest absolute Gasteiger partial charge is 0.478 e. The number of hydrogen-bond donors (Lipinski definition) is 5. The molecule has 3 rings (SSSR count). The maximum Gasteiger partial charge on any atom is 0.338 e. The van der Waals surface area contributed by atoms with Crippen LogP contribution in [-0.2, 0) is 4.74 Å². The van der Waals surface area contributed by atoms with Crippen LogP contribution in [0.1, 0.15) is 16.6 Å². The summed E-state index contributed by atoms with van der Waals surface area (Å²) in [6.07, 6.45) is -2.38. The van der Waals surface area contributed by atoms with Gasteiger partial charge in [-0.15, -0.1) is 12.4 Å². The lowest BCUT2D eigenvalue weighted by Crippen LogP contribution is -2.33. The average molecular weight is 347 g/mol. The van der Waals surface area contributed by atoms with Gasteiger partial charge in [0.15, 0.2) is 6.23 Å². The third-order valence-electron chi connectivity index (χ3n) is 3.66. The molecule has 0 saturated carbocycles. The number of halogens is 1. The van der Waals surface area contributed by atoms with Crippen LogP contribution in [0.4, 0.5) is 5.82 Å². The Morgan fingerprint density at radius 1 is 1.35 bits per heavy atom. The molecule has 0 radical (unpaired) electrons. The van der Waals surface area contributed by atoms with Gasteiger partial charge in [0, 0.05) is 6.20 Å². The third kappa shape index (κ3) is 2.60. The van der Waals surface area contributed by atoms with Crippen molar-refractivity contribution in [1.29, 1.82) is 0 Å². The summed E-state index contributed by atoms with van der Waals surface area (Å²) in [5, 5.41) is 38.4. The zero-order valence-corrected chi connectivity index (χ0v) is 12.4. The van der Waals surface area contributed by atoms with Crippen molar-refractivity contribution in [3.05, 3.63) is 18.1 Å². The van der Waals surface area contributed by atoms with E-state index in [1.165, 1.54) is 10.8 Å². The van der Waals surface area contributed by atoms with Gasteiger partial charge >= 0.3 is 5.97 Å². The van der Waals surface area contributed by atoms with E-state index in [9.17, 15) is 20.1 Å². The summed E-state index contributed by atoms with van der Waals surface area (Å²) in [5.74, 6) is -1.26. The fourth-order valence-corrected chi connectivity index (χ4v) is 2.57. The molecule has 6 N–H and O–H groups in total. The molecule has 23 heavy (non-hydrogen) atoms. The SMILES string of the molecule is Cl.Nc1ncnc2c1c(C(=O)O)cn2[C@@H]1O[C@H](CO)[C@@H](O)[C@H]1O. The first-order chi connectivity index (χ1) is 10.5. The number of carboxylic acids is 1. The first-order valence-electron chi connectivity index (χ1n) is 6.42. The van der Waals surface area contributed by atoms with Crippen molar-refractivity contribution < 1.29 is 30.0 Å². The number of anilines is 1. The second kappa shape index (κ2) is 6.26. The average Bonchev–Trinajstić information content (AvgIpc) is 3.00. The Morgan fingerprint density at radius 2 is 2.04 bits per heavy atom. The summed E-state index contributed by atoms with van der Waals surface area (Å²) in [5.41, 5.74) is 5.71. The summed E-state index contributed by atoms with van der Waals surface area (Å²) >= 11 is 0. The predicted molar refractivity (Wildman–Crippen MR) is 79.2 cm³/mol. The van der Waals surface area contributed by atoms with Crippen LogP contribution in [0.15, 0.2) is 12.5 Å². The molecule has 11 heteroatoms. The second-order valence-corrected chi connectivity index (χ2v) is 4.94. The molecular formula is C12H15ClN4O6. The number of carbonyl (C=O) groups is 1. The van der Waals surface area contributed by atoms with Crippen molar-refractivity contribution in [3.63, 3.8) is 0 Å². The molecule has 1 aliphatic rings. The number of nitrogens with two attached hydrogens (primary N) is 1. The Hall–Kier alpha value is -1.98. The topological polar surface area (TPSA) is 164 Å². The quantitative estimate of drug-likeness (QED) is 0.456. The van der Waals surface area contributed by atoms with E-state index in [2.05, 4.69) is 9.97 Å². The molecule has 2 aromatic heterocycles. The standard InChI is InChI=1S/C12H14N4O6.ClH/c13-9-6-4(12(20)21)1-16(10(6)15-3-14-9)11-8(19)7(18)5(2-17)22-11;/h1,3,5,7-8,11,17-19H,2H2,(H,20,21)(H2,13,14,15);1H/t5-,7-,8-,11-;/m1./s1. The van der Waals surface area contributed by atoms with Crippen LogP contribution in [-0.4, -0.2) is 65.8 Å². The summed E-state index contributed by atoms with van der Waals surface area (Å²) in [6, 6.07) is 0. The van der Waals surface area contributed by atoms with Crippen LogP contribution >= 0.6 is 12.4 Å². The molecule has 4 atom stereocenters. The van der Waals surface area contributed by atoms with E-state index in [1.54, 1.807) is 0 Å². The van der Waals surface area contributed by atoms with Gasteiger partial charge in [-0.25, -0.2) is 14.8 Å². The van der Waals surface area contributed by atoms with Crippen LogP contribution in [0.5, 0.6) is 0 Å². The van der Waals surface area contributed by atoms with Crippen molar-refractivity contribution in [1.82, 2.24) is 14.5 Å². The Balaban J connectivity index is 0.00000192. The highest BCUT2D eigenvalue weighted by atomic mass is 35.5. The van der Waals surface area contributed by atoms with Crippen LogP contribution in [0.3, 0.4) is 0 Å². The number of aromatic nitrogens is 3. The molecule has 126 valence electrons. The highest BCUT2D eigenvalue weighted by Gasteiger charge is 2.44. The van der Waals surface area contributed by atoms with Crippen molar-refractivity contribution in [2.75, 3.05) is 12.3 Å². The number of fused-ring (bicyclic) bond motifs is 1. The van der Waals surface area contributed by atoms with E-state index in [4.69, 9.17) is 15.6 Å². The number of aliphatic hydroxyl groups is 3. The molecule has 3 heterocycles. The van der Waals surface area contributed by atoms with Gasteiger partial charge in [0.05, 0.1) is 17.6 Å². The lowest BCUT2D eigenvalue weighted by Gasteiger charge is -2.17. The van der Waals surface area contributed by atoms with E-state index >= 15 is 0 Å². The number of nitrogens with zero attached hydrogens (tertiary/aromatic N) is 3. The molecule has 10 nitrogen and oxygen atoms in total. The smallest absolute Gasteiger partial charge is 0.338 e. The van der Waals surface area contributed by atoms with Crippen molar-refractivity contribution in [2.24, 2.45) is 0 Å². The van der Waals surface area contributed by atoms with Gasteiger partial charge in [-0.05, 0) is 0 Å². The Labute approximate surface area is 135 Å². The maximum absolute atomic E-state index is 11.3. The molecule has 0 unspecified atom stereocenters. The summed E-state index contributed by atoms with van der Waals surface area (Å²) in [7, 11) is 0. The number of aromatic carboxylic acids is 1. The molecule has 1 saturated heterocycles. The van der Waals surface area contributed by atoms with Gasteiger partial charge in [-0.1, -0.05) is 0 Å². The number of carboxylic acid groups (broad SMARTS) is 1. The van der Waals surface area contributed by atoms with E-state index in [1.807, 2.05) is 0 Å². The van der Waals surface area contributed by atoms with E-state index in [0.29, 0.717) is 0 Å². The normalized spacial score (nSPS) is 27.1. The van der Waals surface area contributed by atoms with E-state index < -0.39 is 37.1 Å².